The smallest absolute Gasteiger partial charge is 0.204 e. The van der Waals surface area contributed by atoms with Crippen LogP contribution in [-0.2, 0) is 4.74 Å². The Hall–Kier alpha value is -1.75. The van der Waals surface area contributed by atoms with E-state index >= 15 is 0 Å². The molecule has 1 aromatic rings. The van der Waals surface area contributed by atoms with E-state index in [0.29, 0.717) is 35.8 Å². The maximum absolute atomic E-state index is 12.0. The standard InChI is InChI=1S/C13H18O5/c1-15-8-7-10(14)9-5-6-11(16-2)13(18-4)12(9)17-3/h5-6H,7-8H2,1-4H3. The largest absolute Gasteiger partial charge is 0.493 e. The lowest BCUT2D eigenvalue weighted by Gasteiger charge is -2.14. The zero-order chi connectivity index (χ0) is 13.5. The first kappa shape index (κ1) is 14.3. The van der Waals surface area contributed by atoms with Crippen LogP contribution in [0.2, 0.25) is 0 Å². The molecule has 0 radical (unpaired) electrons. The highest BCUT2D eigenvalue weighted by atomic mass is 16.5. The average Bonchev–Trinajstić information content (AvgIpc) is 2.42. The van der Waals surface area contributed by atoms with Crippen LogP contribution in [0.1, 0.15) is 16.8 Å². The van der Waals surface area contributed by atoms with E-state index in [1.165, 1.54) is 21.3 Å². The molecule has 0 unspecified atom stereocenters. The molecule has 1 rings (SSSR count). The number of ketones is 1. The summed E-state index contributed by atoms with van der Waals surface area (Å²) in [5, 5.41) is 0. The molecule has 0 amide bonds. The lowest BCUT2D eigenvalue weighted by molar-refractivity contribution is 0.0928. The van der Waals surface area contributed by atoms with Crippen LogP contribution >= 0.6 is 0 Å². The van der Waals surface area contributed by atoms with Gasteiger partial charge in [-0.2, -0.15) is 0 Å². The second-order valence-corrected chi connectivity index (χ2v) is 3.55. The summed E-state index contributed by atoms with van der Waals surface area (Å²) in [5.74, 6) is 1.27. The monoisotopic (exact) mass is 254 g/mol. The summed E-state index contributed by atoms with van der Waals surface area (Å²) in [6.45, 7) is 0.371. The third kappa shape index (κ3) is 2.92. The summed E-state index contributed by atoms with van der Waals surface area (Å²) in [6.07, 6.45) is 0.294. The van der Waals surface area contributed by atoms with Crippen LogP contribution in [0.5, 0.6) is 17.2 Å². The molecule has 0 atom stereocenters. The molecule has 0 heterocycles. The zero-order valence-corrected chi connectivity index (χ0v) is 11.1. The summed E-state index contributed by atoms with van der Waals surface area (Å²) < 4.78 is 20.5. The summed E-state index contributed by atoms with van der Waals surface area (Å²) in [7, 11) is 6.08. The predicted molar refractivity (Wildman–Crippen MR) is 66.9 cm³/mol. The number of Topliss-reactive ketones (excluding diaryl/α,β-unsaturated/α-hetero) is 1. The van der Waals surface area contributed by atoms with Crippen molar-refractivity contribution in [3.63, 3.8) is 0 Å². The minimum atomic E-state index is -0.0605. The van der Waals surface area contributed by atoms with E-state index in [9.17, 15) is 4.79 Å². The molecule has 0 saturated carbocycles. The Morgan fingerprint density at radius 2 is 1.67 bits per heavy atom. The summed E-state index contributed by atoms with van der Waals surface area (Å²) >= 11 is 0. The van der Waals surface area contributed by atoms with Crippen LogP contribution < -0.4 is 14.2 Å². The molecule has 0 fully saturated rings. The third-order valence-corrected chi connectivity index (χ3v) is 2.54. The number of hydrogen-bond acceptors (Lipinski definition) is 5. The molecule has 0 spiro atoms. The van der Waals surface area contributed by atoms with Gasteiger partial charge in [-0.15, -0.1) is 0 Å². The second-order valence-electron chi connectivity index (χ2n) is 3.55. The molecule has 0 N–H and O–H groups in total. The average molecular weight is 254 g/mol. The van der Waals surface area contributed by atoms with E-state index in [4.69, 9.17) is 18.9 Å². The Morgan fingerprint density at radius 1 is 1.00 bits per heavy atom. The van der Waals surface area contributed by atoms with Gasteiger partial charge in [-0.25, -0.2) is 0 Å². The van der Waals surface area contributed by atoms with Gasteiger partial charge in [0.1, 0.15) is 0 Å². The van der Waals surface area contributed by atoms with E-state index in [2.05, 4.69) is 0 Å². The molecule has 0 bridgehead atoms. The van der Waals surface area contributed by atoms with Crippen LogP contribution in [0.4, 0.5) is 0 Å². The number of rotatable bonds is 7. The number of carbonyl (C=O) groups is 1. The van der Waals surface area contributed by atoms with Crippen molar-refractivity contribution in [1.82, 2.24) is 0 Å². The Labute approximate surface area is 107 Å². The first-order chi connectivity index (χ1) is 8.69. The predicted octanol–water partition coefficient (Wildman–Crippen LogP) is 1.93. The summed E-state index contributed by atoms with van der Waals surface area (Å²) in [4.78, 5) is 12.0. The molecule has 0 aromatic heterocycles. The minimum absolute atomic E-state index is 0.0605. The van der Waals surface area contributed by atoms with Crippen LogP contribution in [0.25, 0.3) is 0 Å². The van der Waals surface area contributed by atoms with E-state index in [0.717, 1.165) is 0 Å². The van der Waals surface area contributed by atoms with Gasteiger partial charge < -0.3 is 18.9 Å². The minimum Gasteiger partial charge on any atom is -0.493 e. The molecule has 1 aromatic carbocycles. The molecular formula is C13H18O5. The van der Waals surface area contributed by atoms with Crippen molar-refractivity contribution in [3.8, 4) is 17.2 Å². The van der Waals surface area contributed by atoms with E-state index in [-0.39, 0.29) is 5.78 Å². The van der Waals surface area contributed by atoms with Crippen LogP contribution in [-0.4, -0.2) is 40.8 Å². The molecule has 5 nitrogen and oxygen atoms in total. The highest BCUT2D eigenvalue weighted by molar-refractivity contribution is 6.00. The summed E-state index contributed by atoms with van der Waals surface area (Å²) in [6, 6.07) is 3.35. The van der Waals surface area contributed by atoms with Crippen LogP contribution in [0.3, 0.4) is 0 Å². The quantitative estimate of drug-likeness (QED) is 0.696. The van der Waals surface area contributed by atoms with Crippen molar-refractivity contribution in [2.24, 2.45) is 0 Å². The van der Waals surface area contributed by atoms with Gasteiger partial charge in [0.2, 0.25) is 5.75 Å². The van der Waals surface area contributed by atoms with E-state index in [1.54, 1.807) is 19.2 Å². The third-order valence-electron chi connectivity index (χ3n) is 2.54. The van der Waals surface area contributed by atoms with Gasteiger partial charge in [-0.3, -0.25) is 4.79 Å². The highest BCUT2D eigenvalue weighted by Gasteiger charge is 2.20. The fourth-order valence-electron chi connectivity index (χ4n) is 1.65. The SMILES string of the molecule is COCCC(=O)c1ccc(OC)c(OC)c1OC. The first-order valence-electron chi connectivity index (χ1n) is 5.50. The number of benzene rings is 1. The van der Waals surface area contributed by atoms with E-state index < -0.39 is 0 Å². The van der Waals surface area contributed by atoms with E-state index in [1.807, 2.05) is 0 Å². The second kappa shape index (κ2) is 6.86. The topological polar surface area (TPSA) is 54.0 Å². The van der Waals surface area contributed by atoms with Gasteiger partial charge in [-0.1, -0.05) is 0 Å². The van der Waals surface area contributed by atoms with Crippen molar-refractivity contribution in [3.05, 3.63) is 17.7 Å². The molecule has 0 aliphatic rings. The van der Waals surface area contributed by atoms with Gasteiger partial charge in [-0.05, 0) is 12.1 Å². The molecule has 0 aliphatic carbocycles. The van der Waals surface area contributed by atoms with Gasteiger partial charge in [0, 0.05) is 13.5 Å². The normalized spacial score (nSPS) is 10.0. The number of carbonyl (C=O) groups excluding carboxylic acids is 1. The maximum Gasteiger partial charge on any atom is 0.204 e. The molecule has 18 heavy (non-hydrogen) atoms. The number of methoxy groups -OCH3 is 4. The Bertz CT molecular complexity index is 414. The Morgan fingerprint density at radius 3 is 2.17 bits per heavy atom. The van der Waals surface area contributed by atoms with Gasteiger partial charge >= 0.3 is 0 Å². The van der Waals surface area contributed by atoms with Crippen molar-refractivity contribution < 1.29 is 23.7 Å². The maximum atomic E-state index is 12.0. The number of ether oxygens (including phenoxy) is 4. The summed E-state index contributed by atoms with van der Waals surface area (Å²) in [5.41, 5.74) is 0.465. The highest BCUT2D eigenvalue weighted by Crippen LogP contribution is 2.40. The molecule has 5 heteroatoms. The Kier molecular flexibility index (Phi) is 5.45. The van der Waals surface area contributed by atoms with Gasteiger partial charge in [0.15, 0.2) is 17.3 Å². The zero-order valence-electron chi connectivity index (χ0n) is 11.1. The van der Waals surface area contributed by atoms with Crippen molar-refractivity contribution >= 4 is 5.78 Å². The fourth-order valence-corrected chi connectivity index (χ4v) is 1.65. The molecule has 0 aliphatic heterocycles. The molecule has 0 saturated heterocycles. The van der Waals surface area contributed by atoms with Gasteiger partial charge in [0.05, 0.1) is 33.5 Å². The van der Waals surface area contributed by atoms with Crippen LogP contribution in [0, 0.1) is 0 Å². The Balaban J connectivity index is 3.16. The van der Waals surface area contributed by atoms with Gasteiger partial charge in [0.25, 0.3) is 0 Å². The van der Waals surface area contributed by atoms with Crippen molar-refractivity contribution in [2.45, 2.75) is 6.42 Å². The lowest BCUT2D eigenvalue weighted by Crippen LogP contribution is -2.07. The fraction of sp³-hybridized carbons (Fsp3) is 0.462. The van der Waals surface area contributed by atoms with Crippen LogP contribution in [0.15, 0.2) is 12.1 Å². The first-order valence-corrected chi connectivity index (χ1v) is 5.50. The van der Waals surface area contributed by atoms with Crippen molar-refractivity contribution in [2.75, 3.05) is 35.0 Å². The molecule has 100 valence electrons. The lowest BCUT2D eigenvalue weighted by atomic mass is 10.1. The molecular weight excluding hydrogens is 236 g/mol. The van der Waals surface area contributed by atoms with Crippen molar-refractivity contribution in [1.29, 1.82) is 0 Å². The number of hydrogen-bond donors (Lipinski definition) is 0.